The van der Waals surface area contributed by atoms with Crippen LogP contribution in [0.4, 0.5) is 0 Å². The first kappa shape index (κ1) is 15.5. The summed E-state index contributed by atoms with van der Waals surface area (Å²) in [4.78, 5) is 0. The van der Waals surface area contributed by atoms with Gasteiger partial charge in [-0.2, -0.15) is 0 Å². The van der Waals surface area contributed by atoms with Crippen molar-refractivity contribution in [2.75, 3.05) is 13.2 Å². The molecule has 2 heteroatoms. The minimum absolute atomic E-state index is 0.00253. The van der Waals surface area contributed by atoms with E-state index >= 15 is 0 Å². The SMILES string of the molecule is CCOC1C(CCCO)=CC=CC1(C)C(C)(C)C. The quantitative estimate of drug-likeness (QED) is 0.808. The zero-order chi connectivity index (χ0) is 13.8. The molecule has 104 valence electrons. The van der Waals surface area contributed by atoms with Crippen LogP contribution in [0.15, 0.2) is 23.8 Å². The molecule has 1 aliphatic carbocycles. The van der Waals surface area contributed by atoms with Crippen molar-refractivity contribution in [1.82, 2.24) is 0 Å². The Bertz CT molecular complexity index is 322. The van der Waals surface area contributed by atoms with Gasteiger partial charge in [0, 0.05) is 18.6 Å². The molecule has 0 aromatic carbocycles. The van der Waals surface area contributed by atoms with E-state index in [0.717, 1.165) is 19.4 Å². The van der Waals surface area contributed by atoms with Crippen LogP contribution in [0.2, 0.25) is 0 Å². The van der Waals surface area contributed by atoms with Gasteiger partial charge in [-0.25, -0.2) is 0 Å². The molecule has 2 atom stereocenters. The van der Waals surface area contributed by atoms with Crippen molar-refractivity contribution >= 4 is 0 Å². The molecule has 2 nitrogen and oxygen atoms in total. The predicted octanol–water partition coefficient (Wildman–Crippen LogP) is 3.71. The zero-order valence-electron chi connectivity index (χ0n) is 12.5. The molecule has 1 aliphatic rings. The summed E-state index contributed by atoms with van der Waals surface area (Å²) in [5.74, 6) is 0. The van der Waals surface area contributed by atoms with Gasteiger partial charge in [-0.05, 0) is 30.8 Å². The van der Waals surface area contributed by atoms with Crippen LogP contribution in [-0.2, 0) is 4.74 Å². The summed E-state index contributed by atoms with van der Waals surface area (Å²) in [6.07, 6.45) is 8.42. The van der Waals surface area contributed by atoms with Gasteiger partial charge in [0.1, 0.15) is 0 Å². The Balaban J connectivity index is 3.01. The van der Waals surface area contributed by atoms with Gasteiger partial charge in [-0.1, -0.05) is 45.9 Å². The van der Waals surface area contributed by atoms with E-state index in [1.54, 1.807) is 0 Å². The van der Waals surface area contributed by atoms with Gasteiger partial charge in [0.15, 0.2) is 0 Å². The Hall–Kier alpha value is -0.600. The molecule has 0 radical (unpaired) electrons. The lowest BCUT2D eigenvalue weighted by atomic mass is 9.61. The highest BCUT2D eigenvalue weighted by Crippen LogP contribution is 2.48. The van der Waals surface area contributed by atoms with E-state index in [4.69, 9.17) is 9.84 Å². The first-order valence-corrected chi connectivity index (χ1v) is 6.97. The highest BCUT2D eigenvalue weighted by molar-refractivity contribution is 5.30. The van der Waals surface area contributed by atoms with Gasteiger partial charge >= 0.3 is 0 Å². The third-order valence-electron chi connectivity index (χ3n) is 4.21. The van der Waals surface area contributed by atoms with Crippen molar-refractivity contribution in [3.63, 3.8) is 0 Å². The summed E-state index contributed by atoms with van der Waals surface area (Å²) in [6, 6.07) is 0. The Morgan fingerprint density at radius 2 is 2.06 bits per heavy atom. The first-order chi connectivity index (χ1) is 8.36. The fourth-order valence-corrected chi connectivity index (χ4v) is 2.52. The van der Waals surface area contributed by atoms with Crippen molar-refractivity contribution in [2.24, 2.45) is 10.8 Å². The average Bonchev–Trinajstić information content (AvgIpc) is 2.29. The van der Waals surface area contributed by atoms with E-state index < -0.39 is 0 Å². The summed E-state index contributed by atoms with van der Waals surface area (Å²) >= 11 is 0. The number of allylic oxidation sites excluding steroid dienone is 2. The minimum atomic E-state index is 0.00253. The topological polar surface area (TPSA) is 29.5 Å². The standard InChI is InChI=1S/C16H28O2/c1-6-18-14-13(10-8-12-17)9-7-11-16(14,5)15(2,3)4/h7,9,11,14,17H,6,8,10,12H2,1-5H3. The summed E-state index contributed by atoms with van der Waals surface area (Å²) in [7, 11) is 0. The molecular formula is C16H28O2. The van der Waals surface area contributed by atoms with Crippen LogP contribution >= 0.6 is 0 Å². The Morgan fingerprint density at radius 3 is 2.56 bits per heavy atom. The molecule has 0 saturated heterocycles. The van der Waals surface area contributed by atoms with Crippen molar-refractivity contribution in [1.29, 1.82) is 0 Å². The van der Waals surface area contributed by atoms with Gasteiger partial charge in [-0.15, -0.1) is 0 Å². The van der Waals surface area contributed by atoms with Gasteiger partial charge in [0.25, 0.3) is 0 Å². The molecular weight excluding hydrogens is 224 g/mol. The van der Waals surface area contributed by atoms with E-state index in [1.807, 2.05) is 6.92 Å². The Labute approximate surface area is 112 Å². The second kappa shape index (κ2) is 6.03. The molecule has 1 N–H and O–H groups in total. The lowest BCUT2D eigenvalue weighted by Crippen LogP contribution is -2.45. The lowest BCUT2D eigenvalue weighted by Gasteiger charge is -2.47. The number of aliphatic hydroxyl groups is 1. The normalized spacial score (nSPS) is 28.3. The molecule has 0 saturated carbocycles. The first-order valence-electron chi connectivity index (χ1n) is 6.97. The lowest BCUT2D eigenvalue weighted by molar-refractivity contribution is -0.0355. The summed E-state index contributed by atoms with van der Waals surface area (Å²) in [5, 5.41) is 9.02. The van der Waals surface area contributed by atoms with E-state index in [9.17, 15) is 0 Å². The smallest absolute Gasteiger partial charge is 0.0880 e. The average molecular weight is 252 g/mol. The second-order valence-electron chi connectivity index (χ2n) is 6.30. The number of aliphatic hydroxyl groups excluding tert-OH is 1. The predicted molar refractivity (Wildman–Crippen MR) is 76.5 cm³/mol. The van der Waals surface area contributed by atoms with Crippen LogP contribution in [0, 0.1) is 10.8 Å². The van der Waals surface area contributed by atoms with Gasteiger partial charge < -0.3 is 9.84 Å². The monoisotopic (exact) mass is 252 g/mol. The molecule has 0 amide bonds. The Kier molecular flexibility index (Phi) is 5.18. The fourth-order valence-electron chi connectivity index (χ4n) is 2.52. The zero-order valence-corrected chi connectivity index (χ0v) is 12.5. The number of hydrogen-bond acceptors (Lipinski definition) is 2. The van der Waals surface area contributed by atoms with Crippen molar-refractivity contribution in [3.8, 4) is 0 Å². The van der Waals surface area contributed by atoms with E-state index in [0.29, 0.717) is 0 Å². The molecule has 0 aliphatic heterocycles. The number of ether oxygens (including phenoxy) is 1. The molecule has 0 aromatic rings. The third-order valence-corrected chi connectivity index (χ3v) is 4.21. The van der Waals surface area contributed by atoms with Crippen LogP contribution in [-0.4, -0.2) is 24.4 Å². The molecule has 18 heavy (non-hydrogen) atoms. The van der Waals surface area contributed by atoms with Crippen molar-refractivity contribution < 1.29 is 9.84 Å². The van der Waals surface area contributed by atoms with Crippen LogP contribution in [0.3, 0.4) is 0 Å². The highest BCUT2D eigenvalue weighted by atomic mass is 16.5. The van der Waals surface area contributed by atoms with E-state index in [-0.39, 0.29) is 23.5 Å². The molecule has 0 fully saturated rings. The third kappa shape index (κ3) is 3.04. The second-order valence-corrected chi connectivity index (χ2v) is 6.30. The molecule has 0 aromatic heterocycles. The van der Waals surface area contributed by atoms with Crippen molar-refractivity contribution in [3.05, 3.63) is 23.8 Å². The maximum atomic E-state index is 9.02. The molecule has 1 rings (SSSR count). The van der Waals surface area contributed by atoms with Gasteiger partial charge in [0.2, 0.25) is 0 Å². The summed E-state index contributed by atoms with van der Waals surface area (Å²) in [5.41, 5.74) is 1.45. The van der Waals surface area contributed by atoms with Gasteiger partial charge in [0.05, 0.1) is 6.10 Å². The molecule has 2 unspecified atom stereocenters. The van der Waals surface area contributed by atoms with Crippen LogP contribution in [0.1, 0.15) is 47.5 Å². The summed E-state index contributed by atoms with van der Waals surface area (Å²) < 4.78 is 6.03. The Morgan fingerprint density at radius 1 is 1.39 bits per heavy atom. The summed E-state index contributed by atoms with van der Waals surface area (Å²) in [6.45, 7) is 12.1. The molecule has 0 heterocycles. The molecule has 0 bridgehead atoms. The number of rotatable bonds is 5. The van der Waals surface area contributed by atoms with Crippen LogP contribution in [0.25, 0.3) is 0 Å². The van der Waals surface area contributed by atoms with Crippen LogP contribution in [0.5, 0.6) is 0 Å². The fraction of sp³-hybridized carbons (Fsp3) is 0.750. The van der Waals surface area contributed by atoms with E-state index in [1.165, 1.54) is 5.57 Å². The maximum absolute atomic E-state index is 9.02. The van der Waals surface area contributed by atoms with Crippen molar-refractivity contribution in [2.45, 2.75) is 53.6 Å². The highest BCUT2D eigenvalue weighted by Gasteiger charge is 2.45. The van der Waals surface area contributed by atoms with E-state index in [2.05, 4.69) is 45.9 Å². The molecule has 0 spiro atoms. The van der Waals surface area contributed by atoms with Gasteiger partial charge in [-0.3, -0.25) is 0 Å². The minimum Gasteiger partial charge on any atom is -0.396 e. The maximum Gasteiger partial charge on any atom is 0.0880 e. The largest absolute Gasteiger partial charge is 0.396 e. The van der Waals surface area contributed by atoms with Crippen LogP contribution < -0.4 is 0 Å². The number of hydrogen-bond donors (Lipinski definition) is 1.